The molecule has 0 aliphatic carbocycles. The maximum absolute atomic E-state index is 6.07. The third-order valence-corrected chi connectivity index (χ3v) is 5.90. The average Bonchev–Trinajstić information content (AvgIpc) is 3.24. The SMILES string of the molecule is Brc1cccc2c1oc1ccc(-n3c4ccccc4c4ccccc43)cc12. The first-order chi connectivity index (χ1) is 13.3. The number of hydrogen-bond acceptors (Lipinski definition) is 1. The van der Waals surface area contributed by atoms with E-state index in [1.807, 2.05) is 6.07 Å². The minimum absolute atomic E-state index is 0.895. The molecule has 0 unspecified atom stereocenters. The van der Waals surface area contributed by atoms with Gasteiger partial charge >= 0.3 is 0 Å². The number of fused-ring (bicyclic) bond motifs is 6. The second-order valence-corrected chi connectivity index (χ2v) is 7.62. The van der Waals surface area contributed by atoms with Crippen LogP contribution in [0.2, 0.25) is 0 Å². The van der Waals surface area contributed by atoms with Crippen LogP contribution in [0, 0.1) is 0 Å². The molecular weight excluding hydrogens is 398 g/mol. The zero-order valence-corrected chi connectivity index (χ0v) is 15.9. The molecule has 4 aromatic carbocycles. The van der Waals surface area contributed by atoms with Crippen LogP contribution >= 0.6 is 15.9 Å². The Kier molecular flexibility index (Phi) is 3.06. The van der Waals surface area contributed by atoms with Gasteiger partial charge in [-0.1, -0.05) is 48.5 Å². The Bertz CT molecular complexity index is 1440. The number of furan rings is 1. The topological polar surface area (TPSA) is 18.1 Å². The Morgan fingerprint density at radius 1 is 0.630 bits per heavy atom. The van der Waals surface area contributed by atoms with Gasteiger partial charge in [0.25, 0.3) is 0 Å². The lowest BCUT2D eigenvalue weighted by Crippen LogP contribution is -1.93. The Morgan fingerprint density at radius 2 is 1.30 bits per heavy atom. The van der Waals surface area contributed by atoms with Gasteiger partial charge in [-0.3, -0.25) is 0 Å². The van der Waals surface area contributed by atoms with Gasteiger partial charge in [-0.25, -0.2) is 0 Å². The van der Waals surface area contributed by atoms with Crippen molar-refractivity contribution >= 4 is 59.7 Å². The summed E-state index contributed by atoms with van der Waals surface area (Å²) in [6.45, 7) is 0. The van der Waals surface area contributed by atoms with Gasteiger partial charge in [-0.15, -0.1) is 0 Å². The van der Waals surface area contributed by atoms with Gasteiger partial charge in [-0.2, -0.15) is 0 Å². The first-order valence-electron chi connectivity index (χ1n) is 8.90. The fourth-order valence-corrected chi connectivity index (χ4v) is 4.54. The molecule has 0 aliphatic heterocycles. The van der Waals surface area contributed by atoms with E-state index in [4.69, 9.17) is 4.42 Å². The molecule has 0 atom stereocenters. The number of halogens is 1. The van der Waals surface area contributed by atoms with E-state index in [-0.39, 0.29) is 0 Å². The van der Waals surface area contributed by atoms with Crippen molar-refractivity contribution in [3.63, 3.8) is 0 Å². The number of para-hydroxylation sites is 3. The minimum Gasteiger partial charge on any atom is -0.455 e. The maximum atomic E-state index is 6.07. The summed E-state index contributed by atoms with van der Waals surface area (Å²) in [4.78, 5) is 0. The fraction of sp³-hybridized carbons (Fsp3) is 0. The fourth-order valence-electron chi connectivity index (χ4n) is 4.09. The van der Waals surface area contributed by atoms with Crippen molar-refractivity contribution in [2.24, 2.45) is 0 Å². The molecule has 27 heavy (non-hydrogen) atoms. The molecule has 0 aliphatic rings. The van der Waals surface area contributed by atoms with Crippen molar-refractivity contribution in [1.82, 2.24) is 4.57 Å². The molecule has 0 spiro atoms. The van der Waals surface area contributed by atoms with E-state index < -0.39 is 0 Å². The second-order valence-electron chi connectivity index (χ2n) is 6.77. The highest BCUT2D eigenvalue weighted by atomic mass is 79.9. The van der Waals surface area contributed by atoms with E-state index in [1.54, 1.807) is 0 Å². The first-order valence-corrected chi connectivity index (χ1v) is 9.70. The van der Waals surface area contributed by atoms with Crippen LogP contribution in [0.25, 0.3) is 49.4 Å². The zero-order valence-electron chi connectivity index (χ0n) is 14.3. The first kappa shape index (κ1) is 15.1. The molecule has 3 heteroatoms. The van der Waals surface area contributed by atoms with Crippen LogP contribution in [0.15, 0.2) is 93.8 Å². The molecule has 0 radical (unpaired) electrons. The van der Waals surface area contributed by atoms with Crippen molar-refractivity contribution in [3.8, 4) is 5.69 Å². The second kappa shape index (κ2) is 5.48. The summed E-state index contributed by atoms with van der Waals surface area (Å²) in [5, 5.41) is 4.80. The van der Waals surface area contributed by atoms with Crippen LogP contribution in [0.5, 0.6) is 0 Å². The van der Waals surface area contributed by atoms with Gasteiger partial charge in [0.1, 0.15) is 11.2 Å². The third kappa shape index (κ3) is 2.06. The highest BCUT2D eigenvalue weighted by Gasteiger charge is 2.14. The number of rotatable bonds is 1. The van der Waals surface area contributed by atoms with Crippen LogP contribution < -0.4 is 0 Å². The van der Waals surface area contributed by atoms with E-state index in [2.05, 4.69) is 99.4 Å². The Morgan fingerprint density at radius 3 is 2.04 bits per heavy atom. The van der Waals surface area contributed by atoms with Gasteiger partial charge < -0.3 is 8.98 Å². The van der Waals surface area contributed by atoms with Gasteiger partial charge in [0.05, 0.1) is 15.5 Å². The third-order valence-electron chi connectivity index (χ3n) is 5.27. The van der Waals surface area contributed by atoms with Crippen molar-refractivity contribution < 1.29 is 4.42 Å². The molecule has 0 bridgehead atoms. The predicted molar refractivity (Wildman–Crippen MR) is 116 cm³/mol. The van der Waals surface area contributed by atoms with Crippen LogP contribution in [-0.2, 0) is 0 Å². The van der Waals surface area contributed by atoms with E-state index in [0.29, 0.717) is 0 Å². The molecule has 128 valence electrons. The average molecular weight is 412 g/mol. The van der Waals surface area contributed by atoms with E-state index in [0.717, 1.165) is 32.1 Å². The summed E-state index contributed by atoms with van der Waals surface area (Å²) in [5.74, 6) is 0. The van der Waals surface area contributed by atoms with Crippen LogP contribution in [0.3, 0.4) is 0 Å². The standard InChI is InChI=1S/C24H14BrNO/c25-20-9-5-8-18-19-14-15(12-13-23(19)27-24(18)20)26-21-10-3-1-6-16(21)17-7-2-4-11-22(17)26/h1-14H. The number of benzene rings is 4. The summed E-state index contributed by atoms with van der Waals surface area (Å²) in [6, 6.07) is 29.8. The molecule has 0 saturated heterocycles. The van der Waals surface area contributed by atoms with E-state index in [1.165, 1.54) is 21.8 Å². The Hall–Kier alpha value is -3.04. The molecule has 0 fully saturated rings. The maximum Gasteiger partial charge on any atom is 0.149 e. The number of hydrogen-bond donors (Lipinski definition) is 0. The molecule has 2 heterocycles. The molecule has 0 saturated carbocycles. The Balaban J connectivity index is 1.75. The van der Waals surface area contributed by atoms with Crippen molar-refractivity contribution in [2.45, 2.75) is 0 Å². The lowest BCUT2D eigenvalue weighted by Gasteiger charge is -2.07. The monoisotopic (exact) mass is 411 g/mol. The van der Waals surface area contributed by atoms with E-state index in [9.17, 15) is 0 Å². The molecular formula is C24H14BrNO. The summed E-state index contributed by atoms with van der Waals surface area (Å²) in [7, 11) is 0. The lowest BCUT2D eigenvalue weighted by molar-refractivity contribution is 0.666. The molecule has 6 rings (SSSR count). The molecule has 0 N–H and O–H groups in total. The summed E-state index contributed by atoms with van der Waals surface area (Å²) >= 11 is 3.60. The number of aromatic nitrogens is 1. The predicted octanol–water partition coefficient (Wildman–Crippen LogP) is 7.45. The van der Waals surface area contributed by atoms with E-state index >= 15 is 0 Å². The molecule has 2 aromatic heterocycles. The number of nitrogens with zero attached hydrogens (tertiary/aromatic N) is 1. The van der Waals surface area contributed by atoms with Crippen molar-refractivity contribution in [2.75, 3.05) is 0 Å². The van der Waals surface area contributed by atoms with Crippen LogP contribution in [-0.4, -0.2) is 4.57 Å². The quantitative estimate of drug-likeness (QED) is 0.274. The molecule has 0 amide bonds. The lowest BCUT2D eigenvalue weighted by atomic mass is 10.1. The Labute approximate surface area is 163 Å². The van der Waals surface area contributed by atoms with Crippen LogP contribution in [0.4, 0.5) is 0 Å². The van der Waals surface area contributed by atoms with Gasteiger partial charge in [0, 0.05) is 27.2 Å². The summed E-state index contributed by atoms with van der Waals surface area (Å²) in [6.07, 6.45) is 0. The van der Waals surface area contributed by atoms with Crippen molar-refractivity contribution in [1.29, 1.82) is 0 Å². The molecule has 2 nitrogen and oxygen atoms in total. The van der Waals surface area contributed by atoms with Crippen molar-refractivity contribution in [3.05, 3.63) is 89.4 Å². The van der Waals surface area contributed by atoms with Crippen LogP contribution in [0.1, 0.15) is 0 Å². The zero-order chi connectivity index (χ0) is 18.0. The largest absolute Gasteiger partial charge is 0.455 e. The van der Waals surface area contributed by atoms with Gasteiger partial charge in [-0.05, 0) is 52.3 Å². The summed E-state index contributed by atoms with van der Waals surface area (Å²) in [5.41, 5.74) is 5.37. The normalized spacial score (nSPS) is 11.9. The molecule has 6 aromatic rings. The highest BCUT2D eigenvalue weighted by molar-refractivity contribution is 9.10. The summed E-state index contributed by atoms with van der Waals surface area (Å²) < 4.78 is 9.39. The van der Waals surface area contributed by atoms with Gasteiger partial charge in [0.2, 0.25) is 0 Å². The highest BCUT2D eigenvalue weighted by Crippen LogP contribution is 2.37. The van der Waals surface area contributed by atoms with Gasteiger partial charge in [0.15, 0.2) is 0 Å². The smallest absolute Gasteiger partial charge is 0.149 e. The minimum atomic E-state index is 0.895.